The predicted molar refractivity (Wildman–Crippen MR) is 90.0 cm³/mol. The van der Waals surface area contributed by atoms with Gasteiger partial charge >= 0.3 is 17.9 Å². The number of alkyl halides is 2. The molecule has 0 aromatic carbocycles. The molecule has 29 heavy (non-hydrogen) atoms. The summed E-state index contributed by atoms with van der Waals surface area (Å²) in [6, 6.07) is -0.575. The second-order valence-electron chi connectivity index (χ2n) is 8.81. The van der Waals surface area contributed by atoms with E-state index in [1.165, 1.54) is 6.92 Å². The van der Waals surface area contributed by atoms with E-state index in [2.05, 4.69) is 0 Å². The molecule has 2 bridgehead atoms. The molecule has 3 aliphatic rings. The smallest absolute Gasteiger partial charge is 0.325 e. The second-order valence-corrected chi connectivity index (χ2v) is 8.81. The molecule has 0 radical (unpaired) electrons. The number of nitrogens with zero attached hydrogens (tertiary/aromatic N) is 1. The first-order chi connectivity index (χ1) is 13.2. The van der Waals surface area contributed by atoms with Gasteiger partial charge in [0, 0.05) is 18.9 Å². The van der Waals surface area contributed by atoms with Crippen LogP contribution in [-0.2, 0) is 28.7 Å². The first-order valence-electron chi connectivity index (χ1n) is 9.54. The molecule has 0 aromatic heterocycles. The van der Waals surface area contributed by atoms with Gasteiger partial charge in [0.25, 0.3) is 0 Å². The Morgan fingerprint density at radius 1 is 1.21 bits per heavy atom. The molecule has 8 nitrogen and oxygen atoms in total. The van der Waals surface area contributed by atoms with Crippen LogP contribution in [-0.4, -0.2) is 58.4 Å². The van der Waals surface area contributed by atoms with Gasteiger partial charge in [-0.3, -0.25) is 14.4 Å². The number of carboxylic acid groups (broad SMARTS) is 1. The maximum atomic E-state index is 14.0. The minimum Gasteiger partial charge on any atom is -0.544 e. The summed E-state index contributed by atoms with van der Waals surface area (Å²) in [7, 11) is 0. The molecule has 1 aliphatic heterocycles. The maximum absolute atomic E-state index is 14.0. The fraction of sp³-hybridized carbons (Fsp3) is 0.789. The van der Waals surface area contributed by atoms with Gasteiger partial charge in [-0.2, -0.15) is 8.78 Å². The molecule has 10 heteroatoms. The number of hydrogen-bond donors (Lipinski definition) is 0. The van der Waals surface area contributed by atoms with Gasteiger partial charge in [0.2, 0.25) is 5.91 Å². The zero-order valence-corrected chi connectivity index (χ0v) is 16.8. The maximum Gasteiger partial charge on any atom is 0.325 e. The van der Waals surface area contributed by atoms with E-state index >= 15 is 0 Å². The molecule has 6 unspecified atom stereocenters. The Hall–Kier alpha value is -2.26. The van der Waals surface area contributed by atoms with E-state index in [9.17, 15) is 33.1 Å². The Morgan fingerprint density at radius 3 is 2.28 bits per heavy atom. The number of esters is 2. The quantitative estimate of drug-likeness (QED) is 0.566. The molecule has 1 saturated heterocycles. The highest BCUT2D eigenvalue weighted by atomic mass is 19.3. The van der Waals surface area contributed by atoms with Crippen LogP contribution in [0, 0.1) is 23.7 Å². The van der Waals surface area contributed by atoms with Gasteiger partial charge in [-0.25, -0.2) is 0 Å². The van der Waals surface area contributed by atoms with Crippen molar-refractivity contribution in [3.05, 3.63) is 0 Å². The van der Waals surface area contributed by atoms with Crippen LogP contribution in [0.15, 0.2) is 0 Å². The normalized spacial score (nSPS) is 33.4. The number of fused-ring (bicyclic) bond motifs is 1. The molecule has 1 amide bonds. The third-order valence-electron chi connectivity index (χ3n) is 6.41. The van der Waals surface area contributed by atoms with Crippen LogP contribution < -0.4 is 5.11 Å². The Morgan fingerprint density at radius 2 is 1.79 bits per heavy atom. The molecule has 0 aromatic rings. The number of ether oxygens (including phenoxy) is 2. The van der Waals surface area contributed by atoms with Crippen molar-refractivity contribution < 1.29 is 42.5 Å². The van der Waals surface area contributed by atoms with Crippen LogP contribution in [0.3, 0.4) is 0 Å². The molecular formula is C19H24F2NO7-. The number of amides is 1. The van der Waals surface area contributed by atoms with Crippen LogP contribution in [0.1, 0.15) is 41.0 Å². The average molecular weight is 416 g/mol. The Bertz CT molecular complexity index is 766. The van der Waals surface area contributed by atoms with E-state index in [0.29, 0.717) is 6.42 Å². The minimum atomic E-state index is -4.43. The minimum absolute atomic E-state index is 0.203. The van der Waals surface area contributed by atoms with Gasteiger partial charge < -0.3 is 24.3 Å². The number of likely N-dealkylation sites (tertiary alicyclic amines) is 1. The zero-order chi connectivity index (χ0) is 22.0. The molecule has 0 N–H and O–H groups in total. The van der Waals surface area contributed by atoms with Crippen LogP contribution >= 0.6 is 0 Å². The van der Waals surface area contributed by atoms with Gasteiger partial charge in [0.1, 0.15) is 12.1 Å². The van der Waals surface area contributed by atoms with Gasteiger partial charge in [0.05, 0.1) is 17.9 Å². The highest BCUT2D eigenvalue weighted by Crippen LogP contribution is 2.60. The third-order valence-corrected chi connectivity index (χ3v) is 6.41. The van der Waals surface area contributed by atoms with Crippen molar-refractivity contribution in [1.29, 1.82) is 0 Å². The summed E-state index contributed by atoms with van der Waals surface area (Å²) in [5, 5.41) is 10.8. The summed E-state index contributed by atoms with van der Waals surface area (Å²) >= 11 is 0. The summed E-state index contributed by atoms with van der Waals surface area (Å²) in [6.45, 7) is 6.38. The lowest BCUT2D eigenvalue weighted by atomic mass is 9.78. The SMILES string of the molecule is CC(=O)OC1C2CC3C(C(=O)N(C(C)C)C31)C2C(=O)OC(C)(C)C(F)(F)C(=O)[O-]. The number of hydrogen-bond acceptors (Lipinski definition) is 7. The number of carbonyl (C=O) groups is 4. The first-order valence-corrected chi connectivity index (χ1v) is 9.54. The lowest BCUT2D eigenvalue weighted by molar-refractivity contribution is -0.342. The predicted octanol–water partition coefficient (Wildman–Crippen LogP) is 0.126. The van der Waals surface area contributed by atoms with Gasteiger partial charge in [0.15, 0.2) is 5.60 Å². The van der Waals surface area contributed by atoms with E-state index in [1.54, 1.807) is 18.7 Å². The largest absolute Gasteiger partial charge is 0.544 e. The third kappa shape index (κ3) is 2.98. The standard InChI is InChI=1S/C19H25F2NO7/c1-7(2)22-13-9-6-10(14(13)28-8(3)23)12(11(9)15(22)24)16(25)29-18(4,5)19(20,21)17(26)27/h7,9-14H,6H2,1-5H3,(H,26,27)/p-1. The van der Waals surface area contributed by atoms with Crippen molar-refractivity contribution in [2.24, 2.45) is 23.7 Å². The average Bonchev–Trinajstić information content (AvgIpc) is 3.15. The topological polar surface area (TPSA) is 113 Å². The Kier molecular flexibility index (Phi) is 4.91. The summed E-state index contributed by atoms with van der Waals surface area (Å²) in [5.41, 5.74) is -2.68. The van der Waals surface area contributed by atoms with Crippen molar-refractivity contribution in [3.63, 3.8) is 0 Å². The number of aliphatic carboxylic acids is 1. The van der Waals surface area contributed by atoms with Crippen molar-refractivity contribution in [3.8, 4) is 0 Å². The van der Waals surface area contributed by atoms with E-state index in [4.69, 9.17) is 9.47 Å². The van der Waals surface area contributed by atoms with Crippen LogP contribution in [0.4, 0.5) is 8.78 Å². The van der Waals surface area contributed by atoms with Gasteiger partial charge in [-0.05, 0) is 40.0 Å². The lowest BCUT2D eigenvalue weighted by Gasteiger charge is -2.38. The highest BCUT2D eigenvalue weighted by molar-refractivity contribution is 5.90. The van der Waals surface area contributed by atoms with E-state index < -0.39 is 53.3 Å². The molecule has 6 atom stereocenters. The fourth-order valence-corrected chi connectivity index (χ4v) is 5.25. The molecule has 2 saturated carbocycles. The summed E-state index contributed by atoms with van der Waals surface area (Å²) in [5.74, 6) is -11.7. The summed E-state index contributed by atoms with van der Waals surface area (Å²) in [4.78, 5) is 49.9. The number of carbonyl (C=O) groups excluding carboxylic acids is 4. The molecule has 3 fully saturated rings. The van der Waals surface area contributed by atoms with Crippen molar-refractivity contribution in [2.45, 2.75) is 70.8 Å². The van der Waals surface area contributed by atoms with E-state index in [0.717, 1.165) is 13.8 Å². The van der Waals surface area contributed by atoms with E-state index in [-0.39, 0.29) is 23.9 Å². The Labute approximate surface area is 166 Å². The number of halogens is 2. The fourth-order valence-electron chi connectivity index (χ4n) is 5.25. The van der Waals surface area contributed by atoms with Crippen molar-refractivity contribution in [1.82, 2.24) is 4.90 Å². The Balaban J connectivity index is 1.92. The zero-order valence-electron chi connectivity index (χ0n) is 16.8. The highest BCUT2D eigenvalue weighted by Gasteiger charge is 2.71. The van der Waals surface area contributed by atoms with Gasteiger partial charge in [-0.15, -0.1) is 0 Å². The molecule has 162 valence electrons. The molecular weight excluding hydrogens is 392 g/mol. The van der Waals surface area contributed by atoms with Crippen molar-refractivity contribution in [2.75, 3.05) is 0 Å². The first kappa shape index (κ1) is 21.4. The molecule has 2 aliphatic carbocycles. The number of carboxylic acids is 1. The van der Waals surface area contributed by atoms with E-state index in [1.807, 2.05) is 0 Å². The van der Waals surface area contributed by atoms with Crippen molar-refractivity contribution >= 4 is 23.8 Å². The van der Waals surface area contributed by atoms with Crippen LogP contribution in [0.2, 0.25) is 0 Å². The summed E-state index contributed by atoms with van der Waals surface area (Å²) in [6.07, 6.45) is -0.329. The molecule has 3 rings (SSSR count). The van der Waals surface area contributed by atoms with Crippen LogP contribution in [0.25, 0.3) is 0 Å². The lowest BCUT2D eigenvalue weighted by Crippen LogP contribution is -2.58. The summed E-state index contributed by atoms with van der Waals surface area (Å²) < 4.78 is 38.3. The number of rotatable bonds is 6. The molecule has 0 spiro atoms. The second kappa shape index (κ2) is 6.63. The monoisotopic (exact) mass is 416 g/mol. The van der Waals surface area contributed by atoms with Gasteiger partial charge in [-0.1, -0.05) is 0 Å². The van der Waals surface area contributed by atoms with Crippen LogP contribution in [0.5, 0.6) is 0 Å². The molecule has 1 heterocycles.